The highest BCUT2D eigenvalue weighted by atomic mass is 32.1. The maximum absolute atomic E-state index is 5.47. The summed E-state index contributed by atoms with van der Waals surface area (Å²) in [6.07, 6.45) is 4.24. The maximum Gasteiger partial charge on any atom is 0.0887 e. The molecule has 24 heavy (non-hydrogen) atoms. The molecule has 128 valence electrons. The number of anilines is 3. The molecule has 5 heteroatoms. The van der Waals surface area contributed by atoms with Crippen molar-refractivity contribution in [2.24, 2.45) is 0 Å². The van der Waals surface area contributed by atoms with Crippen LogP contribution in [0.2, 0.25) is 0 Å². The van der Waals surface area contributed by atoms with Gasteiger partial charge in [-0.25, -0.2) is 0 Å². The van der Waals surface area contributed by atoms with Crippen LogP contribution in [0, 0.1) is 0 Å². The first-order valence-corrected chi connectivity index (χ1v) is 9.82. The van der Waals surface area contributed by atoms with E-state index in [1.165, 1.54) is 21.8 Å². The lowest BCUT2D eigenvalue weighted by atomic mass is 10.0. The summed E-state index contributed by atoms with van der Waals surface area (Å²) in [4.78, 5) is 3.13. The third kappa shape index (κ3) is 3.57. The minimum absolute atomic E-state index is 0.397. The van der Waals surface area contributed by atoms with E-state index in [1.807, 2.05) is 0 Å². The average Bonchev–Trinajstić information content (AvgIpc) is 3.17. The van der Waals surface area contributed by atoms with E-state index in [9.17, 15) is 0 Å². The first-order valence-electron chi connectivity index (χ1n) is 8.53. The first-order chi connectivity index (χ1) is 11.6. The number of rotatable bonds is 6. The van der Waals surface area contributed by atoms with Crippen molar-refractivity contribution in [3.63, 3.8) is 0 Å². The second-order valence-electron chi connectivity index (χ2n) is 6.44. The summed E-state index contributed by atoms with van der Waals surface area (Å²) in [7, 11) is 4.23. The third-order valence-electron chi connectivity index (χ3n) is 4.41. The Labute approximate surface area is 154 Å². The summed E-state index contributed by atoms with van der Waals surface area (Å²) in [6.45, 7) is 2.16. The van der Waals surface area contributed by atoms with E-state index in [4.69, 9.17) is 12.2 Å². The normalized spacial score (nSPS) is 15.9. The average molecular weight is 360 g/mol. The molecule has 1 unspecified atom stereocenters. The van der Waals surface area contributed by atoms with E-state index >= 15 is 0 Å². The number of thiocarbonyl (C=S) groups is 1. The minimum Gasteiger partial charge on any atom is -0.376 e. The summed E-state index contributed by atoms with van der Waals surface area (Å²) < 4.78 is 0. The molecule has 0 radical (unpaired) electrons. The Kier molecular flexibility index (Phi) is 5.41. The Bertz CT molecular complexity index is 708. The molecule has 1 aliphatic rings. The van der Waals surface area contributed by atoms with Crippen LogP contribution in [0.4, 0.5) is 16.4 Å². The summed E-state index contributed by atoms with van der Waals surface area (Å²) in [5.41, 5.74) is 5.27. The molecule has 0 aliphatic heterocycles. The lowest BCUT2D eigenvalue weighted by Crippen LogP contribution is -2.17. The molecule has 2 N–H and O–H groups in total. The van der Waals surface area contributed by atoms with Gasteiger partial charge < -0.3 is 15.5 Å². The molecule has 0 saturated carbocycles. The highest BCUT2D eigenvalue weighted by Crippen LogP contribution is 2.42. The van der Waals surface area contributed by atoms with Crippen molar-refractivity contribution in [3.8, 4) is 0 Å². The second kappa shape index (κ2) is 7.53. The molecular weight excluding hydrogens is 334 g/mol. The molecular formula is C19H25N3S2. The predicted molar refractivity (Wildman–Crippen MR) is 111 cm³/mol. The number of nitrogens with zero attached hydrogens (tertiary/aromatic N) is 1. The molecule has 0 spiro atoms. The van der Waals surface area contributed by atoms with Crippen LogP contribution in [0.1, 0.15) is 43.4 Å². The Balaban J connectivity index is 1.89. The lowest BCUT2D eigenvalue weighted by molar-refractivity contribution is 0.764. The van der Waals surface area contributed by atoms with Gasteiger partial charge >= 0.3 is 0 Å². The van der Waals surface area contributed by atoms with Crippen molar-refractivity contribution in [1.82, 2.24) is 0 Å². The maximum atomic E-state index is 5.47. The molecule has 1 aliphatic carbocycles. The van der Waals surface area contributed by atoms with E-state index in [2.05, 4.69) is 66.2 Å². The van der Waals surface area contributed by atoms with Crippen LogP contribution >= 0.6 is 23.6 Å². The van der Waals surface area contributed by atoms with E-state index in [1.54, 1.807) is 11.3 Å². The van der Waals surface area contributed by atoms with Crippen molar-refractivity contribution in [3.05, 3.63) is 40.8 Å². The predicted octanol–water partition coefficient (Wildman–Crippen LogP) is 5.45. The fourth-order valence-corrected chi connectivity index (χ4v) is 4.40. The van der Waals surface area contributed by atoms with E-state index in [-0.39, 0.29) is 0 Å². The standard InChI is InChI=1S/C19H25N3S2/c1-4-6-17(23)20-16-11-8-13-14(19(16)22(2)3)9-10-15(13)21-18-7-5-12-24-18/h5,7-8,11-12,15,21H,4,6,9-10H2,1-3H3,(H,20,23). The number of thiophene rings is 1. The fourth-order valence-electron chi connectivity index (χ4n) is 3.42. The summed E-state index contributed by atoms with van der Waals surface area (Å²) in [5, 5.41) is 10.5. The lowest BCUT2D eigenvalue weighted by Gasteiger charge is -2.23. The molecule has 3 rings (SSSR count). The Hall–Kier alpha value is -1.59. The van der Waals surface area contributed by atoms with Crippen molar-refractivity contribution < 1.29 is 0 Å². The van der Waals surface area contributed by atoms with Crippen LogP contribution in [0.3, 0.4) is 0 Å². The first kappa shape index (κ1) is 17.2. The van der Waals surface area contributed by atoms with Gasteiger partial charge in [0.25, 0.3) is 0 Å². The van der Waals surface area contributed by atoms with E-state index < -0.39 is 0 Å². The van der Waals surface area contributed by atoms with Crippen LogP contribution in [-0.4, -0.2) is 19.1 Å². The van der Waals surface area contributed by atoms with Gasteiger partial charge in [-0.15, -0.1) is 11.3 Å². The zero-order chi connectivity index (χ0) is 17.1. The number of hydrogen-bond acceptors (Lipinski definition) is 4. The fraction of sp³-hybridized carbons (Fsp3) is 0.421. The largest absolute Gasteiger partial charge is 0.376 e. The SMILES string of the molecule is CCCC(=S)Nc1ccc2c(c1N(C)C)CCC2Nc1cccs1. The smallest absolute Gasteiger partial charge is 0.0887 e. The van der Waals surface area contributed by atoms with Crippen LogP contribution in [0.15, 0.2) is 29.6 Å². The molecule has 0 bridgehead atoms. The molecule has 0 fully saturated rings. The van der Waals surface area contributed by atoms with Crippen molar-refractivity contribution in [1.29, 1.82) is 0 Å². The topological polar surface area (TPSA) is 27.3 Å². The Morgan fingerprint density at radius 1 is 1.33 bits per heavy atom. The zero-order valence-electron chi connectivity index (χ0n) is 14.6. The van der Waals surface area contributed by atoms with E-state index in [0.29, 0.717) is 6.04 Å². The van der Waals surface area contributed by atoms with Gasteiger partial charge in [0, 0.05) is 14.1 Å². The third-order valence-corrected chi connectivity index (χ3v) is 5.52. The molecule has 1 aromatic heterocycles. The summed E-state index contributed by atoms with van der Waals surface area (Å²) in [6, 6.07) is 9.08. The van der Waals surface area contributed by atoms with Gasteiger partial charge in [0.2, 0.25) is 0 Å². The highest BCUT2D eigenvalue weighted by molar-refractivity contribution is 7.80. The molecule has 0 saturated heterocycles. The van der Waals surface area contributed by atoms with Gasteiger partial charge in [-0.05, 0) is 60.4 Å². The number of benzene rings is 1. The highest BCUT2D eigenvalue weighted by Gasteiger charge is 2.27. The van der Waals surface area contributed by atoms with Crippen molar-refractivity contribution in [2.75, 3.05) is 29.6 Å². The number of fused-ring (bicyclic) bond motifs is 1. The monoisotopic (exact) mass is 359 g/mol. The summed E-state index contributed by atoms with van der Waals surface area (Å²) in [5.74, 6) is 0. The van der Waals surface area contributed by atoms with Gasteiger partial charge in [0.15, 0.2) is 0 Å². The van der Waals surface area contributed by atoms with Gasteiger partial charge in [-0.1, -0.05) is 25.2 Å². The summed E-state index contributed by atoms with van der Waals surface area (Å²) >= 11 is 7.23. The van der Waals surface area contributed by atoms with E-state index in [0.717, 1.165) is 36.4 Å². The van der Waals surface area contributed by atoms with Crippen molar-refractivity contribution in [2.45, 2.75) is 38.6 Å². The van der Waals surface area contributed by atoms with Gasteiger partial charge in [0.1, 0.15) is 0 Å². The molecule has 1 aromatic carbocycles. The molecule has 0 amide bonds. The molecule has 1 atom stereocenters. The van der Waals surface area contributed by atoms with Crippen LogP contribution in [0.5, 0.6) is 0 Å². The van der Waals surface area contributed by atoms with Crippen LogP contribution < -0.4 is 15.5 Å². The minimum atomic E-state index is 0.397. The van der Waals surface area contributed by atoms with Gasteiger partial charge in [-0.3, -0.25) is 0 Å². The molecule has 2 aromatic rings. The van der Waals surface area contributed by atoms with Crippen LogP contribution in [-0.2, 0) is 6.42 Å². The zero-order valence-corrected chi connectivity index (χ0v) is 16.2. The number of hydrogen-bond donors (Lipinski definition) is 2. The Morgan fingerprint density at radius 3 is 2.83 bits per heavy atom. The van der Waals surface area contributed by atoms with Gasteiger partial charge in [0.05, 0.1) is 27.4 Å². The molecule has 3 nitrogen and oxygen atoms in total. The molecule has 1 heterocycles. The quantitative estimate of drug-likeness (QED) is 0.670. The van der Waals surface area contributed by atoms with Gasteiger partial charge in [-0.2, -0.15) is 0 Å². The van der Waals surface area contributed by atoms with Crippen LogP contribution in [0.25, 0.3) is 0 Å². The number of nitrogens with one attached hydrogen (secondary N) is 2. The van der Waals surface area contributed by atoms with Crippen molar-refractivity contribution >= 4 is 44.9 Å². The second-order valence-corrected chi connectivity index (χ2v) is 7.88. The Morgan fingerprint density at radius 2 is 2.17 bits per heavy atom.